The molecule has 150 valence electrons. The third kappa shape index (κ3) is 4.67. The summed E-state index contributed by atoms with van der Waals surface area (Å²) in [4.78, 5) is 6.31. The second kappa shape index (κ2) is 8.68. The van der Waals surface area contributed by atoms with Gasteiger partial charge in [0.15, 0.2) is 11.5 Å². The molecule has 1 heterocycles. The first-order valence-corrected chi connectivity index (χ1v) is 10.3. The number of hydrogen-bond donors (Lipinski definition) is 2. The van der Waals surface area contributed by atoms with Crippen molar-refractivity contribution in [1.82, 2.24) is 14.9 Å². The van der Waals surface area contributed by atoms with Crippen molar-refractivity contribution in [3.05, 3.63) is 53.1 Å². The molecule has 2 aromatic carbocycles. The van der Waals surface area contributed by atoms with Crippen LogP contribution in [-0.4, -0.2) is 46.8 Å². The molecule has 0 saturated carbocycles. The molecule has 2 N–H and O–H groups in total. The molecule has 8 nitrogen and oxygen atoms in total. The molecule has 0 aromatic heterocycles. The molecular weight excluding hydrogens is 404 g/mol. The minimum absolute atomic E-state index is 0.0492. The number of benzene rings is 2. The second-order valence-corrected chi connectivity index (χ2v) is 8.12. The predicted octanol–water partition coefficient (Wildman–Crippen LogP) is 2.01. The summed E-state index contributed by atoms with van der Waals surface area (Å²) in [5.41, 5.74) is 0.982. The zero-order valence-electron chi connectivity index (χ0n) is 15.5. The Morgan fingerprint density at radius 2 is 1.93 bits per heavy atom. The van der Waals surface area contributed by atoms with E-state index in [1.165, 1.54) is 32.4 Å². The minimum Gasteiger partial charge on any atom is -0.493 e. The maximum Gasteiger partial charge on any atom is 0.264 e. The van der Waals surface area contributed by atoms with Crippen LogP contribution in [0.15, 0.2) is 52.4 Å². The van der Waals surface area contributed by atoms with E-state index in [4.69, 9.17) is 21.1 Å². The fourth-order valence-corrected chi connectivity index (χ4v) is 3.89. The molecule has 0 bridgehead atoms. The summed E-state index contributed by atoms with van der Waals surface area (Å²) in [6.07, 6.45) is 0. The highest BCUT2D eigenvalue weighted by molar-refractivity contribution is 7.90. The van der Waals surface area contributed by atoms with Crippen LogP contribution in [0.4, 0.5) is 0 Å². The Hall–Kier alpha value is -2.49. The van der Waals surface area contributed by atoms with Crippen molar-refractivity contribution in [2.45, 2.75) is 11.4 Å². The maximum absolute atomic E-state index is 12.6. The highest BCUT2D eigenvalue weighted by atomic mass is 35.5. The summed E-state index contributed by atoms with van der Waals surface area (Å²) in [5.74, 6) is 0.963. The topological polar surface area (TPSA) is 92.3 Å². The van der Waals surface area contributed by atoms with Gasteiger partial charge in [-0.2, -0.15) is 0 Å². The number of nitrogens with zero attached hydrogens (tertiary/aromatic N) is 2. The van der Waals surface area contributed by atoms with Crippen molar-refractivity contribution in [2.75, 3.05) is 27.6 Å². The number of sulfonamides is 1. The number of ether oxygens (including phenoxy) is 2. The molecule has 10 heteroatoms. The molecule has 0 aliphatic carbocycles. The SMILES string of the molecule is COc1ccc(S(=O)(=O)NC2=NCN(Cc3ccccc3Cl)CN2)cc1OC. The molecule has 0 fully saturated rings. The van der Waals surface area contributed by atoms with Gasteiger partial charge < -0.3 is 14.8 Å². The van der Waals surface area contributed by atoms with E-state index >= 15 is 0 Å². The summed E-state index contributed by atoms with van der Waals surface area (Å²) in [6.45, 7) is 1.37. The van der Waals surface area contributed by atoms with Gasteiger partial charge in [-0.05, 0) is 23.8 Å². The molecule has 0 saturated heterocycles. The van der Waals surface area contributed by atoms with Crippen LogP contribution in [0.25, 0.3) is 0 Å². The first-order valence-electron chi connectivity index (χ1n) is 8.42. The molecule has 0 atom stereocenters. The summed E-state index contributed by atoms with van der Waals surface area (Å²) in [5, 5.41) is 3.66. The molecule has 0 radical (unpaired) electrons. The van der Waals surface area contributed by atoms with E-state index in [1.807, 2.05) is 29.2 Å². The van der Waals surface area contributed by atoms with E-state index in [2.05, 4.69) is 15.0 Å². The highest BCUT2D eigenvalue weighted by Gasteiger charge is 2.21. The van der Waals surface area contributed by atoms with Crippen molar-refractivity contribution < 1.29 is 17.9 Å². The average Bonchev–Trinajstić information content (AvgIpc) is 2.70. The van der Waals surface area contributed by atoms with Gasteiger partial charge in [0.2, 0.25) is 5.96 Å². The fraction of sp³-hybridized carbons (Fsp3) is 0.278. The van der Waals surface area contributed by atoms with Crippen molar-refractivity contribution in [2.24, 2.45) is 4.99 Å². The van der Waals surface area contributed by atoms with E-state index in [1.54, 1.807) is 0 Å². The van der Waals surface area contributed by atoms with Crippen LogP contribution >= 0.6 is 11.6 Å². The third-order valence-electron chi connectivity index (χ3n) is 4.15. The molecule has 0 unspecified atom stereocenters. The molecule has 3 rings (SSSR count). The number of guanidine groups is 1. The van der Waals surface area contributed by atoms with Gasteiger partial charge in [-0.25, -0.2) is 18.1 Å². The van der Waals surface area contributed by atoms with Crippen LogP contribution < -0.4 is 19.5 Å². The number of rotatable bonds is 6. The van der Waals surface area contributed by atoms with Crippen molar-refractivity contribution >= 4 is 27.6 Å². The number of aliphatic imine (C=N–C) groups is 1. The average molecular weight is 425 g/mol. The molecule has 0 spiro atoms. The maximum atomic E-state index is 12.6. The lowest BCUT2D eigenvalue weighted by Gasteiger charge is -2.27. The van der Waals surface area contributed by atoms with Crippen LogP contribution in [0.1, 0.15) is 5.56 Å². The van der Waals surface area contributed by atoms with Crippen molar-refractivity contribution in [3.8, 4) is 11.5 Å². The van der Waals surface area contributed by atoms with Gasteiger partial charge in [0, 0.05) is 17.6 Å². The highest BCUT2D eigenvalue weighted by Crippen LogP contribution is 2.29. The Morgan fingerprint density at radius 1 is 1.18 bits per heavy atom. The van der Waals surface area contributed by atoms with Gasteiger partial charge in [-0.1, -0.05) is 29.8 Å². The van der Waals surface area contributed by atoms with Crippen LogP contribution in [0, 0.1) is 0 Å². The van der Waals surface area contributed by atoms with Crippen LogP contribution in [0.3, 0.4) is 0 Å². The van der Waals surface area contributed by atoms with E-state index in [0.717, 1.165) is 5.56 Å². The Kier molecular flexibility index (Phi) is 6.28. The van der Waals surface area contributed by atoms with Gasteiger partial charge in [0.05, 0.1) is 32.5 Å². The van der Waals surface area contributed by atoms with Gasteiger partial charge >= 0.3 is 0 Å². The standard InChI is InChI=1S/C18H21ClN4O4S/c1-26-16-8-7-14(9-17(16)27-2)28(24,25)22-18-20-11-23(12-21-18)10-13-5-3-4-6-15(13)19/h3-9H,10-12H2,1-2H3,(H2,20,21,22). The number of halogens is 1. The van der Waals surface area contributed by atoms with Crippen LogP contribution in [-0.2, 0) is 16.6 Å². The van der Waals surface area contributed by atoms with Gasteiger partial charge in [-0.15, -0.1) is 0 Å². The Morgan fingerprint density at radius 3 is 2.57 bits per heavy atom. The summed E-state index contributed by atoms with van der Waals surface area (Å²) < 4.78 is 38.0. The fourth-order valence-electron chi connectivity index (χ4n) is 2.67. The Bertz CT molecular complexity index is 981. The number of methoxy groups -OCH3 is 2. The van der Waals surface area contributed by atoms with Crippen LogP contribution in [0.5, 0.6) is 11.5 Å². The zero-order valence-corrected chi connectivity index (χ0v) is 17.0. The van der Waals surface area contributed by atoms with Gasteiger partial charge in [-0.3, -0.25) is 4.90 Å². The number of nitrogens with one attached hydrogen (secondary N) is 2. The molecule has 0 amide bonds. The van der Waals surface area contributed by atoms with E-state index in [0.29, 0.717) is 36.4 Å². The molecular formula is C18H21ClN4O4S. The first kappa shape index (κ1) is 20.2. The van der Waals surface area contributed by atoms with Gasteiger partial charge in [0.1, 0.15) is 0 Å². The monoisotopic (exact) mass is 424 g/mol. The first-order chi connectivity index (χ1) is 13.4. The Labute approximate surface area is 169 Å². The molecule has 1 aliphatic rings. The van der Waals surface area contributed by atoms with Gasteiger partial charge in [0.25, 0.3) is 10.0 Å². The third-order valence-corrected chi connectivity index (χ3v) is 5.85. The predicted molar refractivity (Wildman–Crippen MR) is 107 cm³/mol. The van der Waals surface area contributed by atoms with E-state index < -0.39 is 10.0 Å². The molecule has 2 aromatic rings. The van der Waals surface area contributed by atoms with E-state index in [9.17, 15) is 8.42 Å². The number of hydrogen-bond acceptors (Lipinski definition) is 7. The normalized spacial score (nSPS) is 14.8. The largest absolute Gasteiger partial charge is 0.493 e. The Balaban J connectivity index is 1.67. The quantitative estimate of drug-likeness (QED) is 0.737. The van der Waals surface area contributed by atoms with E-state index in [-0.39, 0.29) is 10.9 Å². The molecule has 1 aliphatic heterocycles. The zero-order chi connectivity index (χ0) is 20.1. The molecule has 28 heavy (non-hydrogen) atoms. The minimum atomic E-state index is -3.82. The second-order valence-electron chi connectivity index (χ2n) is 6.03. The lowest BCUT2D eigenvalue weighted by molar-refractivity contribution is 0.255. The van der Waals surface area contributed by atoms with Crippen LogP contribution in [0.2, 0.25) is 5.02 Å². The van der Waals surface area contributed by atoms with Crippen molar-refractivity contribution in [1.29, 1.82) is 0 Å². The summed E-state index contributed by atoms with van der Waals surface area (Å²) in [7, 11) is -0.887. The lowest BCUT2D eigenvalue weighted by Crippen LogP contribution is -2.49. The smallest absolute Gasteiger partial charge is 0.264 e. The summed E-state index contributed by atoms with van der Waals surface area (Å²) >= 11 is 6.18. The van der Waals surface area contributed by atoms with Crippen molar-refractivity contribution in [3.63, 3.8) is 0 Å². The summed E-state index contributed by atoms with van der Waals surface area (Å²) in [6, 6.07) is 11.9. The lowest BCUT2D eigenvalue weighted by atomic mass is 10.2.